The Morgan fingerprint density at radius 1 is 1.08 bits per heavy atom. The topological polar surface area (TPSA) is 89.9 Å². The number of likely N-dealkylation sites (tertiary alicyclic amines) is 1. The summed E-state index contributed by atoms with van der Waals surface area (Å²) >= 11 is 0. The third kappa shape index (κ3) is 4.64. The molecular weight excluding hydrogens is 454 g/mol. The van der Waals surface area contributed by atoms with Crippen molar-refractivity contribution in [2.75, 3.05) is 6.54 Å². The van der Waals surface area contributed by atoms with E-state index in [-0.39, 0.29) is 36.6 Å². The van der Waals surface area contributed by atoms with Crippen LogP contribution in [-0.2, 0) is 22.7 Å². The SMILES string of the molecule is CC(C)[C@@H](C(=O)N1CC(O)CC1C(=O)NCc1ccc(C2CCC2)cc1)N1Cc2ccccc2C1=O. The van der Waals surface area contributed by atoms with Gasteiger partial charge in [0.2, 0.25) is 11.8 Å². The Bertz CT molecular complexity index is 1140. The first kappa shape index (κ1) is 24.5. The molecule has 3 aliphatic rings. The Labute approximate surface area is 212 Å². The average Bonchev–Trinajstić information content (AvgIpc) is 3.37. The monoisotopic (exact) mass is 489 g/mol. The number of nitrogens with one attached hydrogen (secondary N) is 1. The minimum Gasteiger partial charge on any atom is -0.391 e. The van der Waals surface area contributed by atoms with Gasteiger partial charge in [0.15, 0.2) is 0 Å². The highest BCUT2D eigenvalue weighted by atomic mass is 16.3. The summed E-state index contributed by atoms with van der Waals surface area (Å²) in [6.07, 6.45) is 3.21. The first-order chi connectivity index (χ1) is 17.3. The van der Waals surface area contributed by atoms with Crippen LogP contribution in [0.3, 0.4) is 0 Å². The number of aliphatic hydroxyl groups excluding tert-OH is 1. The molecule has 2 aliphatic heterocycles. The molecule has 3 atom stereocenters. The number of fused-ring (bicyclic) bond motifs is 1. The van der Waals surface area contributed by atoms with E-state index in [9.17, 15) is 19.5 Å². The van der Waals surface area contributed by atoms with Crippen molar-refractivity contribution in [2.24, 2.45) is 5.92 Å². The zero-order valence-electron chi connectivity index (χ0n) is 21.0. The van der Waals surface area contributed by atoms with E-state index in [0.29, 0.717) is 24.6 Å². The molecular formula is C29H35N3O4. The van der Waals surface area contributed by atoms with E-state index < -0.39 is 18.2 Å². The van der Waals surface area contributed by atoms with Crippen LogP contribution in [0.15, 0.2) is 48.5 Å². The summed E-state index contributed by atoms with van der Waals surface area (Å²) < 4.78 is 0. The van der Waals surface area contributed by atoms with Gasteiger partial charge in [0.25, 0.3) is 5.91 Å². The Balaban J connectivity index is 1.27. The first-order valence-corrected chi connectivity index (χ1v) is 13.1. The van der Waals surface area contributed by atoms with Gasteiger partial charge in [-0.05, 0) is 47.4 Å². The largest absolute Gasteiger partial charge is 0.391 e. The highest BCUT2D eigenvalue weighted by molar-refractivity contribution is 6.01. The van der Waals surface area contributed by atoms with Crippen molar-refractivity contribution >= 4 is 17.7 Å². The minimum absolute atomic E-state index is 0.0885. The summed E-state index contributed by atoms with van der Waals surface area (Å²) in [4.78, 5) is 43.2. The fourth-order valence-electron chi connectivity index (χ4n) is 5.71. The Morgan fingerprint density at radius 2 is 1.81 bits per heavy atom. The lowest BCUT2D eigenvalue weighted by molar-refractivity contribution is -0.143. The molecule has 1 saturated carbocycles. The van der Waals surface area contributed by atoms with Gasteiger partial charge in [0, 0.05) is 31.6 Å². The molecule has 7 nitrogen and oxygen atoms in total. The normalized spacial score (nSPS) is 22.5. The van der Waals surface area contributed by atoms with Gasteiger partial charge >= 0.3 is 0 Å². The van der Waals surface area contributed by atoms with Gasteiger partial charge < -0.3 is 20.2 Å². The van der Waals surface area contributed by atoms with Crippen LogP contribution in [0.2, 0.25) is 0 Å². The standard InChI is InChI=1S/C29H35N3O4/c1-18(2)26(32-16-22-6-3-4-9-24(22)28(32)35)29(36)31-17-23(33)14-25(31)27(34)30-15-19-10-12-21(13-11-19)20-7-5-8-20/h3-4,6,9-13,18,20,23,25-26,33H,5,7-8,14-17H2,1-2H3,(H,30,34)/t23?,25?,26-/m0/s1. The molecule has 1 saturated heterocycles. The molecule has 36 heavy (non-hydrogen) atoms. The second kappa shape index (κ2) is 10.1. The first-order valence-electron chi connectivity index (χ1n) is 13.1. The highest BCUT2D eigenvalue weighted by Crippen LogP contribution is 2.36. The molecule has 2 aromatic rings. The molecule has 0 aromatic heterocycles. The van der Waals surface area contributed by atoms with Gasteiger partial charge in [0.1, 0.15) is 12.1 Å². The van der Waals surface area contributed by atoms with E-state index in [1.807, 2.05) is 44.2 Å². The number of hydrogen-bond acceptors (Lipinski definition) is 4. The molecule has 2 unspecified atom stereocenters. The smallest absolute Gasteiger partial charge is 0.255 e. The van der Waals surface area contributed by atoms with Gasteiger partial charge in [-0.25, -0.2) is 0 Å². The summed E-state index contributed by atoms with van der Waals surface area (Å²) in [6.45, 7) is 4.65. The molecule has 0 bridgehead atoms. The lowest BCUT2D eigenvalue weighted by Crippen LogP contribution is -2.55. The number of β-amino-alcohol motifs (C(OH)–C–C–N with tert-alkyl or cyclic N) is 1. The Kier molecular flexibility index (Phi) is 6.84. The molecule has 0 radical (unpaired) electrons. The summed E-state index contributed by atoms with van der Waals surface area (Å²) in [7, 11) is 0. The molecule has 5 rings (SSSR count). The van der Waals surface area contributed by atoms with E-state index in [1.165, 1.54) is 29.7 Å². The van der Waals surface area contributed by atoms with Gasteiger partial charge in [0.05, 0.1) is 6.10 Å². The van der Waals surface area contributed by atoms with Crippen molar-refractivity contribution in [3.8, 4) is 0 Å². The number of benzene rings is 2. The fraction of sp³-hybridized carbons (Fsp3) is 0.483. The molecule has 2 fully saturated rings. The number of amides is 3. The van der Waals surface area contributed by atoms with Crippen LogP contribution < -0.4 is 5.32 Å². The van der Waals surface area contributed by atoms with Crippen LogP contribution in [0.25, 0.3) is 0 Å². The van der Waals surface area contributed by atoms with Crippen LogP contribution in [0.5, 0.6) is 0 Å². The summed E-state index contributed by atoms with van der Waals surface area (Å²) in [5, 5.41) is 13.3. The maximum atomic E-state index is 13.8. The lowest BCUT2D eigenvalue weighted by atomic mass is 9.80. The van der Waals surface area contributed by atoms with Crippen LogP contribution in [0, 0.1) is 5.92 Å². The highest BCUT2D eigenvalue weighted by Gasteiger charge is 2.45. The van der Waals surface area contributed by atoms with Crippen molar-refractivity contribution in [3.05, 3.63) is 70.8 Å². The fourth-order valence-corrected chi connectivity index (χ4v) is 5.71. The van der Waals surface area contributed by atoms with Gasteiger partial charge in [-0.3, -0.25) is 14.4 Å². The second-order valence-corrected chi connectivity index (χ2v) is 10.8. The maximum absolute atomic E-state index is 13.8. The minimum atomic E-state index is -0.772. The summed E-state index contributed by atoms with van der Waals surface area (Å²) in [6, 6.07) is 14.3. The predicted molar refractivity (Wildman–Crippen MR) is 136 cm³/mol. The number of aliphatic hydroxyl groups is 1. The predicted octanol–water partition coefficient (Wildman–Crippen LogP) is 3.21. The number of rotatable bonds is 7. The maximum Gasteiger partial charge on any atom is 0.255 e. The average molecular weight is 490 g/mol. The van der Waals surface area contributed by atoms with E-state index >= 15 is 0 Å². The van der Waals surface area contributed by atoms with E-state index in [4.69, 9.17) is 0 Å². The quantitative estimate of drug-likeness (QED) is 0.625. The molecule has 2 N–H and O–H groups in total. The molecule has 0 spiro atoms. The number of carbonyl (C=O) groups excluding carboxylic acids is 3. The van der Waals surface area contributed by atoms with Gasteiger partial charge in [-0.1, -0.05) is 62.7 Å². The van der Waals surface area contributed by atoms with E-state index in [2.05, 4.69) is 17.4 Å². The van der Waals surface area contributed by atoms with Gasteiger partial charge in [-0.2, -0.15) is 0 Å². The zero-order chi connectivity index (χ0) is 25.4. The van der Waals surface area contributed by atoms with E-state index in [1.54, 1.807) is 11.0 Å². The van der Waals surface area contributed by atoms with Crippen molar-refractivity contribution in [3.63, 3.8) is 0 Å². The van der Waals surface area contributed by atoms with Crippen LogP contribution in [0.4, 0.5) is 0 Å². The molecule has 7 heteroatoms. The van der Waals surface area contributed by atoms with Crippen molar-refractivity contribution in [1.29, 1.82) is 0 Å². The third-order valence-electron chi connectivity index (χ3n) is 7.96. The zero-order valence-corrected chi connectivity index (χ0v) is 21.0. The van der Waals surface area contributed by atoms with Gasteiger partial charge in [-0.15, -0.1) is 0 Å². The van der Waals surface area contributed by atoms with Crippen LogP contribution in [0.1, 0.15) is 72.5 Å². The van der Waals surface area contributed by atoms with Crippen molar-refractivity contribution < 1.29 is 19.5 Å². The number of nitrogens with zero attached hydrogens (tertiary/aromatic N) is 2. The third-order valence-corrected chi connectivity index (χ3v) is 7.96. The summed E-state index contributed by atoms with van der Waals surface area (Å²) in [5.74, 6) is -0.207. The number of hydrogen-bond donors (Lipinski definition) is 2. The number of carbonyl (C=O) groups is 3. The second-order valence-electron chi connectivity index (χ2n) is 10.8. The van der Waals surface area contributed by atoms with Crippen LogP contribution in [-0.4, -0.2) is 57.4 Å². The molecule has 3 amide bonds. The molecule has 2 heterocycles. The molecule has 1 aliphatic carbocycles. The Hall–Kier alpha value is -3.19. The lowest BCUT2D eigenvalue weighted by Gasteiger charge is -2.35. The van der Waals surface area contributed by atoms with Crippen molar-refractivity contribution in [2.45, 2.75) is 76.7 Å². The molecule has 2 aromatic carbocycles. The van der Waals surface area contributed by atoms with Crippen LogP contribution >= 0.6 is 0 Å². The molecule has 190 valence electrons. The van der Waals surface area contributed by atoms with Crippen molar-refractivity contribution in [1.82, 2.24) is 15.1 Å². The Morgan fingerprint density at radius 3 is 2.44 bits per heavy atom. The van der Waals surface area contributed by atoms with E-state index in [0.717, 1.165) is 11.1 Å². The summed E-state index contributed by atoms with van der Waals surface area (Å²) in [5.41, 5.74) is 3.88.